The number of carboxylic acid groups (broad SMARTS) is 1. The SMILES string of the molecule is O=C(O)C1C[C@@]2(CN1)C(=O)Nc1ccc(Cl)cc12. The van der Waals surface area contributed by atoms with Gasteiger partial charge in [-0.2, -0.15) is 0 Å². The van der Waals surface area contributed by atoms with E-state index in [0.29, 0.717) is 11.6 Å². The van der Waals surface area contributed by atoms with Crippen LogP contribution in [0.5, 0.6) is 0 Å². The second kappa shape index (κ2) is 3.70. The van der Waals surface area contributed by atoms with Crippen LogP contribution in [-0.2, 0) is 15.0 Å². The minimum Gasteiger partial charge on any atom is -0.480 e. The monoisotopic (exact) mass is 266 g/mol. The molecule has 2 atom stereocenters. The standard InChI is InChI=1S/C12H11ClN2O3/c13-6-1-2-8-7(3-6)12(11(18)15-8)4-9(10(16)17)14-5-12/h1-3,9,14H,4-5H2,(H,15,18)(H,16,17)/t9?,12-/m0/s1. The smallest absolute Gasteiger partial charge is 0.320 e. The number of amides is 1. The molecule has 1 aromatic rings. The first kappa shape index (κ1) is 11.5. The molecule has 3 N–H and O–H groups in total. The Morgan fingerprint density at radius 2 is 2.28 bits per heavy atom. The van der Waals surface area contributed by atoms with Crippen LogP contribution in [0.3, 0.4) is 0 Å². The maximum absolute atomic E-state index is 12.1. The third-order valence-corrected chi connectivity index (χ3v) is 3.92. The van der Waals surface area contributed by atoms with Crippen molar-refractivity contribution in [2.24, 2.45) is 0 Å². The van der Waals surface area contributed by atoms with Crippen LogP contribution in [0.1, 0.15) is 12.0 Å². The number of carbonyl (C=O) groups excluding carboxylic acids is 1. The molecule has 0 aromatic heterocycles. The molecular weight excluding hydrogens is 256 g/mol. The first-order valence-corrected chi connectivity index (χ1v) is 5.98. The van der Waals surface area contributed by atoms with Crippen LogP contribution < -0.4 is 10.6 Å². The van der Waals surface area contributed by atoms with Crippen LogP contribution in [0.25, 0.3) is 0 Å². The summed E-state index contributed by atoms with van der Waals surface area (Å²) in [6.45, 7) is 0.323. The Kier molecular flexibility index (Phi) is 2.36. The normalized spacial score (nSPS) is 29.4. The molecule has 1 amide bonds. The first-order valence-electron chi connectivity index (χ1n) is 5.61. The van der Waals surface area contributed by atoms with Gasteiger partial charge >= 0.3 is 5.97 Å². The summed E-state index contributed by atoms with van der Waals surface area (Å²) in [5, 5.41) is 15.2. The molecule has 3 rings (SSSR count). The summed E-state index contributed by atoms with van der Waals surface area (Å²) in [6.07, 6.45) is 0.251. The van der Waals surface area contributed by atoms with Gasteiger partial charge in [0.2, 0.25) is 5.91 Å². The summed E-state index contributed by atoms with van der Waals surface area (Å²) in [7, 11) is 0. The van der Waals surface area contributed by atoms with Crippen molar-refractivity contribution in [1.82, 2.24) is 5.32 Å². The number of benzene rings is 1. The van der Waals surface area contributed by atoms with E-state index in [2.05, 4.69) is 10.6 Å². The maximum atomic E-state index is 12.1. The first-order chi connectivity index (χ1) is 8.53. The fourth-order valence-electron chi connectivity index (χ4n) is 2.73. The van der Waals surface area contributed by atoms with Crippen molar-refractivity contribution in [3.8, 4) is 0 Å². The summed E-state index contributed by atoms with van der Waals surface area (Å²) in [6, 6.07) is 4.50. The number of hydrogen-bond acceptors (Lipinski definition) is 3. The quantitative estimate of drug-likeness (QED) is 0.708. The van der Waals surface area contributed by atoms with E-state index in [4.69, 9.17) is 16.7 Å². The number of halogens is 1. The van der Waals surface area contributed by atoms with Crippen LogP contribution in [0.2, 0.25) is 5.02 Å². The second-order valence-electron chi connectivity index (χ2n) is 4.70. The zero-order valence-corrected chi connectivity index (χ0v) is 10.1. The highest BCUT2D eigenvalue weighted by Gasteiger charge is 2.53. The van der Waals surface area contributed by atoms with Crippen molar-refractivity contribution in [2.45, 2.75) is 17.9 Å². The van der Waals surface area contributed by atoms with Gasteiger partial charge in [0.1, 0.15) is 6.04 Å². The molecule has 1 saturated heterocycles. The summed E-state index contributed by atoms with van der Waals surface area (Å²) >= 11 is 5.96. The van der Waals surface area contributed by atoms with Gasteiger partial charge in [-0.05, 0) is 30.2 Å². The van der Waals surface area contributed by atoms with E-state index in [9.17, 15) is 9.59 Å². The number of aliphatic carboxylic acids is 1. The lowest BCUT2D eigenvalue weighted by Crippen LogP contribution is -2.36. The lowest BCUT2D eigenvalue weighted by molar-refractivity contribution is -0.139. The average Bonchev–Trinajstić information content (AvgIpc) is 2.86. The highest BCUT2D eigenvalue weighted by atomic mass is 35.5. The van der Waals surface area contributed by atoms with E-state index in [0.717, 1.165) is 11.3 Å². The molecule has 94 valence electrons. The van der Waals surface area contributed by atoms with Gasteiger partial charge in [0.25, 0.3) is 0 Å². The molecular formula is C12H11ClN2O3. The van der Waals surface area contributed by atoms with Gasteiger partial charge in [0, 0.05) is 17.3 Å². The number of fused-ring (bicyclic) bond motifs is 2. The molecule has 1 spiro atoms. The predicted molar refractivity (Wildman–Crippen MR) is 65.8 cm³/mol. The van der Waals surface area contributed by atoms with Crippen molar-refractivity contribution >= 4 is 29.2 Å². The largest absolute Gasteiger partial charge is 0.480 e. The Hall–Kier alpha value is -1.59. The fraction of sp³-hybridized carbons (Fsp3) is 0.333. The third kappa shape index (κ3) is 1.44. The minimum absolute atomic E-state index is 0.156. The Morgan fingerprint density at radius 1 is 1.50 bits per heavy atom. The van der Waals surface area contributed by atoms with E-state index in [1.165, 1.54) is 0 Å². The average molecular weight is 267 g/mol. The van der Waals surface area contributed by atoms with E-state index in [1.807, 2.05) is 0 Å². The Labute approximate surface area is 108 Å². The van der Waals surface area contributed by atoms with Gasteiger partial charge < -0.3 is 15.7 Å². The van der Waals surface area contributed by atoms with E-state index in [1.54, 1.807) is 18.2 Å². The van der Waals surface area contributed by atoms with Gasteiger partial charge in [-0.15, -0.1) is 0 Å². The Morgan fingerprint density at radius 3 is 2.94 bits per heavy atom. The molecule has 1 aromatic carbocycles. The molecule has 18 heavy (non-hydrogen) atoms. The van der Waals surface area contributed by atoms with Crippen LogP contribution in [-0.4, -0.2) is 29.6 Å². The predicted octanol–water partition coefficient (Wildman–Crippen LogP) is 0.976. The number of carbonyl (C=O) groups is 2. The number of rotatable bonds is 1. The Balaban J connectivity index is 2.06. The van der Waals surface area contributed by atoms with Crippen molar-refractivity contribution in [2.75, 3.05) is 11.9 Å². The maximum Gasteiger partial charge on any atom is 0.320 e. The summed E-state index contributed by atoms with van der Waals surface area (Å²) < 4.78 is 0. The topological polar surface area (TPSA) is 78.4 Å². The number of hydrogen-bond donors (Lipinski definition) is 3. The van der Waals surface area contributed by atoms with Gasteiger partial charge in [-0.25, -0.2) is 0 Å². The molecule has 5 nitrogen and oxygen atoms in total. The number of carboxylic acids is 1. The van der Waals surface area contributed by atoms with E-state index >= 15 is 0 Å². The molecule has 6 heteroatoms. The summed E-state index contributed by atoms with van der Waals surface area (Å²) in [4.78, 5) is 23.2. The van der Waals surface area contributed by atoms with E-state index in [-0.39, 0.29) is 12.3 Å². The molecule has 1 unspecified atom stereocenters. The highest BCUT2D eigenvalue weighted by molar-refractivity contribution is 6.31. The van der Waals surface area contributed by atoms with Gasteiger partial charge in [-0.1, -0.05) is 11.6 Å². The molecule has 2 aliphatic rings. The van der Waals surface area contributed by atoms with Crippen LogP contribution >= 0.6 is 11.6 Å². The lowest BCUT2D eigenvalue weighted by atomic mass is 9.79. The molecule has 1 fully saturated rings. The number of nitrogens with one attached hydrogen (secondary N) is 2. The van der Waals surface area contributed by atoms with Gasteiger partial charge in [-0.3, -0.25) is 9.59 Å². The van der Waals surface area contributed by atoms with Gasteiger partial charge in [0.05, 0.1) is 5.41 Å². The highest BCUT2D eigenvalue weighted by Crippen LogP contribution is 2.44. The molecule has 2 heterocycles. The van der Waals surface area contributed by atoms with Crippen molar-refractivity contribution < 1.29 is 14.7 Å². The summed E-state index contributed by atoms with van der Waals surface area (Å²) in [5.41, 5.74) is 0.706. The van der Waals surface area contributed by atoms with Crippen molar-refractivity contribution in [3.05, 3.63) is 28.8 Å². The second-order valence-corrected chi connectivity index (χ2v) is 5.14. The molecule has 0 bridgehead atoms. The molecule has 0 saturated carbocycles. The Bertz CT molecular complexity index is 560. The summed E-state index contributed by atoms with van der Waals surface area (Å²) in [5.74, 6) is -1.09. The van der Waals surface area contributed by atoms with E-state index < -0.39 is 17.4 Å². The fourth-order valence-corrected chi connectivity index (χ4v) is 2.90. The molecule has 0 aliphatic carbocycles. The molecule has 0 radical (unpaired) electrons. The minimum atomic E-state index is -0.935. The van der Waals surface area contributed by atoms with Gasteiger partial charge in [0.15, 0.2) is 0 Å². The zero-order chi connectivity index (χ0) is 12.9. The lowest BCUT2D eigenvalue weighted by Gasteiger charge is -2.19. The van der Waals surface area contributed by atoms with Crippen molar-refractivity contribution in [3.63, 3.8) is 0 Å². The number of anilines is 1. The van der Waals surface area contributed by atoms with Crippen LogP contribution in [0, 0.1) is 0 Å². The van der Waals surface area contributed by atoms with Crippen molar-refractivity contribution in [1.29, 1.82) is 0 Å². The van der Waals surface area contributed by atoms with Crippen LogP contribution in [0.4, 0.5) is 5.69 Å². The molecule has 2 aliphatic heterocycles. The van der Waals surface area contributed by atoms with Crippen LogP contribution in [0.15, 0.2) is 18.2 Å². The third-order valence-electron chi connectivity index (χ3n) is 3.68. The zero-order valence-electron chi connectivity index (χ0n) is 9.37.